The van der Waals surface area contributed by atoms with Crippen LogP contribution in [-0.2, 0) is 4.79 Å². The number of hydrogen-bond acceptors (Lipinski definition) is 4. The Morgan fingerprint density at radius 2 is 1.73 bits per heavy atom. The molecule has 3 aliphatic rings. The van der Waals surface area contributed by atoms with Crippen LogP contribution >= 0.6 is 11.6 Å². The van der Waals surface area contributed by atoms with Gasteiger partial charge >= 0.3 is 0 Å². The van der Waals surface area contributed by atoms with Crippen LogP contribution in [0, 0.1) is 17.0 Å². The number of methoxy groups -OCH3 is 1. The van der Waals surface area contributed by atoms with E-state index in [1.807, 2.05) is 0 Å². The van der Waals surface area contributed by atoms with Crippen LogP contribution in [0.4, 0.5) is 8.78 Å². The highest BCUT2D eigenvalue weighted by molar-refractivity contribution is 6.30. The molecular formula is C22H20ClF2NO4. The largest absolute Gasteiger partial charge is 0.497 e. The van der Waals surface area contributed by atoms with Crippen molar-refractivity contribution in [1.29, 1.82) is 0 Å². The van der Waals surface area contributed by atoms with Gasteiger partial charge in [0.25, 0.3) is 5.91 Å². The van der Waals surface area contributed by atoms with Crippen LogP contribution in [0.25, 0.3) is 0 Å². The van der Waals surface area contributed by atoms with Gasteiger partial charge in [-0.3, -0.25) is 9.59 Å². The van der Waals surface area contributed by atoms with Crippen molar-refractivity contribution in [3.8, 4) is 11.5 Å². The van der Waals surface area contributed by atoms with Gasteiger partial charge in [-0.1, -0.05) is 11.6 Å². The maximum absolute atomic E-state index is 14.1. The number of halogens is 3. The lowest BCUT2D eigenvalue weighted by atomic mass is 9.38. The minimum absolute atomic E-state index is 0.0185. The molecule has 3 aliphatic carbocycles. The first kappa shape index (κ1) is 20.6. The number of rotatable bonds is 8. The number of amides is 1. The highest BCUT2D eigenvalue weighted by Gasteiger charge is 2.68. The topological polar surface area (TPSA) is 64.6 Å². The molecule has 0 heterocycles. The molecule has 30 heavy (non-hydrogen) atoms. The summed E-state index contributed by atoms with van der Waals surface area (Å²) in [5.74, 6) is -1.19. The molecule has 0 aromatic heterocycles. The van der Waals surface area contributed by atoms with Gasteiger partial charge in [0.2, 0.25) is 0 Å². The molecule has 5 rings (SSSR count). The predicted molar refractivity (Wildman–Crippen MR) is 106 cm³/mol. The van der Waals surface area contributed by atoms with E-state index in [1.165, 1.54) is 31.4 Å². The second-order valence-corrected chi connectivity index (χ2v) is 8.58. The van der Waals surface area contributed by atoms with Crippen LogP contribution in [0.15, 0.2) is 36.4 Å². The first-order valence-corrected chi connectivity index (χ1v) is 9.87. The van der Waals surface area contributed by atoms with Crippen molar-refractivity contribution in [3.63, 3.8) is 0 Å². The van der Waals surface area contributed by atoms with Crippen LogP contribution in [0.2, 0.25) is 5.02 Å². The Morgan fingerprint density at radius 3 is 2.37 bits per heavy atom. The Kier molecular flexibility index (Phi) is 5.18. The van der Waals surface area contributed by atoms with Crippen molar-refractivity contribution >= 4 is 23.3 Å². The van der Waals surface area contributed by atoms with Gasteiger partial charge in [0.15, 0.2) is 12.4 Å². The first-order valence-electron chi connectivity index (χ1n) is 9.49. The average Bonchev–Trinajstić information content (AvgIpc) is 2.66. The molecule has 1 N–H and O–H groups in total. The number of ketones is 1. The second-order valence-electron chi connectivity index (χ2n) is 8.17. The van der Waals surface area contributed by atoms with Gasteiger partial charge in [-0.25, -0.2) is 8.78 Å². The van der Waals surface area contributed by atoms with Gasteiger partial charge in [-0.05, 0) is 48.9 Å². The van der Waals surface area contributed by atoms with Crippen molar-refractivity contribution in [2.75, 3.05) is 13.7 Å². The summed E-state index contributed by atoms with van der Waals surface area (Å²) in [7, 11) is 1.44. The molecule has 0 saturated heterocycles. The van der Waals surface area contributed by atoms with Crippen LogP contribution in [0.1, 0.15) is 36.0 Å². The Bertz CT molecular complexity index is 1010. The molecule has 0 unspecified atom stereocenters. The zero-order chi connectivity index (χ0) is 21.5. The molecule has 2 bridgehead atoms. The first-order chi connectivity index (χ1) is 14.2. The van der Waals surface area contributed by atoms with Crippen molar-refractivity contribution < 1.29 is 27.8 Å². The van der Waals surface area contributed by atoms with Gasteiger partial charge in [-0.15, -0.1) is 0 Å². The lowest BCUT2D eigenvalue weighted by Gasteiger charge is -2.70. The summed E-state index contributed by atoms with van der Waals surface area (Å²) in [5.41, 5.74) is -0.455. The standard InChI is InChI=1S/C22H20ClF2NO4/c1-29-13-2-4-15(17(24)6-13)19(27)8-21-10-22(11-21,12-21)26-20(28)9-30-14-3-5-16(23)18(25)7-14/h2-7H,8-12H2,1H3,(H,26,28). The molecule has 1 amide bonds. The maximum atomic E-state index is 14.1. The minimum Gasteiger partial charge on any atom is -0.497 e. The fourth-order valence-electron chi connectivity index (χ4n) is 4.65. The lowest BCUT2D eigenvalue weighted by Crippen LogP contribution is -2.75. The lowest BCUT2D eigenvalue weighted by molar-refractivity contribution is -0.164. The maximum Gasteiger partial charge on any atom is 0.258 e. The second kappa shape index (κ2) is 7.54. The van der Waals surface area contributed by atoms with E-state index in [9.17, 15) is 18.4 Å². The molecule has 0 radical (unpaired) electrons. The Morgan fingerprint density at radius 1 is 1.07 bits per heavy atom. The molecule has 0 spiro atoms. The van der Waals surface area contributed by atoms with Gasteiger partial charge < -0.3 is 14.8 Å². The fraction of sp³-hybridized carbons (Fsp3) is 0.364. The van der Waals surface area contributed by atoms with Gasteiger partial charge in [-0.2, -0.15) is 0 Å². The number of Topliss-reactive ketones (excluding diaryl/α,β-unsaturated/α-hetero) is 1. The van der Waals surface area contributed by atoms with Crippen LogP contribution < -0.4 is 14.8 Å². The van der Waals surface area contributed by atoms with E-state index in [2.05, 4.69) is 5.32 Å². The van der Waals surface area contributed by atoms with Gasteiger partial charge in [0.05, 0.1) is 17.7 Å². The number of ether oxygens (including phenoxy) is 2. The zero-order valence-corrected chi connectivity index (χ0v) is 17.0. The molecule has 2 aromatic rings. The van der Waals surface area contributed by atoms with E-state index in [0.717, 1.165) is 6.07 Å². The molecular weight excluding hydrogens is 416 g/mol. The Labute approximate surface area is 177 Å². The van der Waals surface area contributed by atoms with Crippen molar-refractivity contribution in [2.24, 2.45) is 5.41 Å². The summed E-state index contributed by atoms with van der Waals surface area (Å²) in [6.07, 6.45) is 2.26. The molecule has 3 fully saturated rings. The van der Waals surface area contributed by atoms with Crippen molar-refractivity contribution in [3.05, 3.63) is 58.6 Å². The molecule has 5 nitrogen and oxygen atoms in total. The normalized spacial score (nSPS) is 23.7. The summed E-state index contributed by atoms with van der Waals surface area (Å²) in [5, 5.41) is 2.92. The van der Waals surface area contributed by atoms with E-state index < -0.39 is 11.6 Å². The third kappa shape index (κ3) is 3.86. The Hall–Kier alpha value is -2.67. The number of carbonyl (C=O) groups is 2. The molecule has 0 atom stereocenters. The summed E-state index contributed by atoms with van der Waals surface area (Å²) in [6, 6.07) is 8.17. The van der Waals surface area contributed by atoms with Crippen molar-refractivity contribution in [2.45, 2.75) is 31.2 Å². The van der Waals surface area contributed by atoms with Crippen LogP contribution in [-0.4, -0.2) is 30.9 Å². The van der Waals surface area contributed by atoms with Crippen molar-refractivity contribution in [1.82, 2.24) is 5.32 Å². The molecule has 158 valence electrons. The molecule has 2 aromatic carbocycles. The fourth-order valence-corrected chi connectivity index (χ4v) is 4.77. The highest BCUT2D eigenvalue weighted by Crippen LogP contribution is 2.69. The molecule has 0 aliphatic heterocycles. The predicted octanol–water partition coefficient (Wildman–Crippen LogP) is 4.32. The minimum atomic E-state index is -0.617. The van der Waals surface area contributed by atoms with Crippen LogP contribution in [0.3, 0.4) is 0 Å². The SMILES string of the molecule is COc1ccc(C(=O)CC23CC(NC(=O)COc4ccc(Cl)c(F)c4)(C2)C3)c(F)c1. The number of carbonyl (C=O) groups excluding carboxylic acids is 2. The summed E-state index contributed by atoms with van der Waals surface area (Å²) < 4.78 is 37.8. The number of nitrogens with one attached hydrogen (secondary N) is 1. The summed E-state index contributed by atoms with van der Waals surface area (Å²) in [6.45, 7) is -0.244. The summed E-state index contributed by atoms with van der Waals surface area (Å²) >= 11 is 5.61. The third-order valence-corrected chi connectivity index (χ3v) is 6.12. The highest BCUT2D eigenvalue weighted by atomic mass is 35.5. The Balaban J connectivity index is 1.25. The summed E-state index contributed by atoms with van der Waals surface area (Å²) in [4.78, 5) is 24.7. The van der Waals surface area contributed by atoms with E-state index in [1.54, 1.807) is 6.07 Å². The van der Waals surface area contributed by atoms with E-state index >= 15 is 0 Å². The quantitative estimate of drug-likeness (QED) is 0.627. The average molecular weight is 436 g/mol. The third-order valence-electron chi connectivity index (χ3n) is 5.82. The monoisotopic (exact) mass is 435 g/mol. The van der Waals surface area contributed by atoms with Gasteiger partial charge in [0, 0.05) is 24.1 Å². The number of benzene rings is 2. The van der Waals surface area contributed by atoms with E-state index in [0.29, 0.717) is 25.0 Å². The molecule has 3 saturated carbocycles. The zero-order valence-electron chi connectivity index (χ0n) is 16.3. The molecule has 8 heteroatoms. The van der Waals surface area contributed by atoms with E-state index in [-0.39, 0.29) is 52.0 Å². The smallest absolute Gasteiger partial charge is 0.258 e. The number of hydrogen-bond donors (Lipinski definition) is 1. The van der Waals surface area contributed by atoms with Crippen LogP contribution in [0.5, 0.6) is 11.5 Å². The van der Waals surface area contributed by atoms with Gasteiger partial charge in [0.1, 0.15) is 23.1 Å². The van der Waals surface area contributed by atoms with E-state index in [4.69, 9.17) is 21.1 Å².